The number of carbonyl (C=O) groups excluding carboxylic acids is 2. The highest BCUT2D eigenvalue weighted by atomic mass is 79.9. The zero-order valence-corrected chi connectivity index (χ0v) is 20.8. The van der Waals surface area contributed by atoms with Gasteiger partial charge in [-0.25, -0.2) is 0 Å². The number of aromatic nitrogens is 2. The van der Waals surface area contributed by atoms with Gasteiger partial charge in [-0.1, -0.05) is 48.0 Å². The Morgan fingerprint density at radius 3 is 1.97 bits per heavy atom. The van der Waals surface area contributed by atoms with E-state index in [-0.39, 0.29) is 0 Å². The Morgan fingerprint density at radius 2 is 1.49 bits per heavy atom. The third-order valence-corrected chi connectivity index (χ3v) is 4.99. The van der Waals surface area contributed by atoms with Crippen molar-refractivity contribution in [3.8, 4) is 16.9 Å². The smallest absolute Gasteiger partial charge is 0.488 e. The monoisotopic (exact) mass is 534 g/mol. The van der Waals surface area contributed by atoms with Crippen molar-refractivity contribution in [2.24, 2.45) is 0 Å². The van der Waals surface area contributed by atoms with E-state index in [2.05, 4.69) is 25.9 Å². The van der Waals surface area contributed by atoms with Crippen molar-refractivity contribution in [2.75, 3.05) is 7.11 Å². The molecule has 0 bridgehead atoms. The molecule has 0 unspecified atom stereocenters. The van der Waals surface area contributed by atoms with Crippen LogP contribution in [0.2, 0.25) is 0 Å². The average molecular weight is 535 g/mol. The molecule has 2 aromatic carbocycles. The number of nitrogens with zero attached hydrogens (tertiary/aromatic N) is 2. The van der Waals surface area contributed by atoms with Crippen LogP contribution in [-0.2, 0) is 0 Å². The van der Waals surface area contributed by atoms with Gasteiger partial charge in [-0.05, 0) is 64.2 Å². The summed E-state index contributed by atoms with van der Waals surface area (Å²) in [4.78, 5) is 28.3. The Kier molecular flexibility index (Phi) is 11.5. The predicted molar refractivity (Wildman–Crippen MR) is 140 cm³/mol. The maximum absolute atomic E-state index is 10.5. The van der Waals surface area contributed by atoms with Crippen molar-refractivity contribution in [3.63, 3.8) is 0 Å². The van der Waals surface area contributed by atoms with Crippen LogP contribution < -0.4 is 10.2 Å². The van der Waals surface area contributed by atoms with Gasteiger partial charge >= 0.3 is 7.12 Å². The molecule has 9 heteroatoms. The molecule has 2 N–H and O–H groups in total. The third kappa shape index (κ3) is 9.62. The molecule has 0 aliphatic carbocycles. The first-order chi connectivity index (χ1) is 16.9. The number of ether oxygens (including phenoxy) is 1. The lowest BCUT2D eigenvalue weighted by molar-refractivity contribution is 0.111. The van der Waals surface area contributed by atoms with Crippen LogP contribution in [0.25, 0.3) is 11.1 Å². The lowest BCUT2D eigenvalue weighted by Crippen LogP contribution is -2.29. The van der Waals surface area contributed by atoms with Crippen molar-refractivity contribution in [1.82, 2.24) is 9.97 Å². The highest BCUT2D eigenvalue weighted by Crippen LogP contribution is 2.22. The van der Waals surface area contributed by atoms with Gasteiger partial charge in [0.25, 0.3) is 0 Å². The van der Waals surface area contributed by atoms with Crippen LogP contribution in [0, 0.1) is 6.92 Å². The van der Waals surface area contributed by atoms with Crippen molar-refractivity contribution in [3.05, 3.63) is 107 Å². The average Bonchev–Trinajstić information content (AvgIpc) is 2.90. The molecule has 0 saturated carbocycles. The highest BCUT2D eigenvalue weighted by molar-refractivity contribution is 9.10. The third-order valence-electron chi connectivity index (χ3n) is 4.52. The Hall–Kier alpha value is -3.66. The summed E-state index contributed by atoms with van der Waals surface area (Å²) >= 11 is 3.20. The van der Waals surface area contributed by atoms with Crippen LogP contribution in [0.15, 0.2) is 89.7 Å². The molecule has 0 radical (unpaired) electrons. The summed E-state index contributed by atoms with van der Waals surface area (Å²) in [5.74, 6) is 0.803. The fourth-order valence-electron chi connectivity index (χ4n) is 2.74. The summed E-state index contributed by atoms with van der Waals surface area (Å²) in [7, 11) is 0.284. The summed E-state index contributed by atoms with van der Waals surface area (Å²) < 4.78 is 6.03. The molecule has 0 fully saturated rings. The maximum atomic E-state index is 10.5. The van der Waals surface area contributed by atoms with Crippen LogP contribution in [-0.4, -0.2) is 46.8 Å². The summed E-state index contributed by atoms with van der Waals surface area (Å²) in [5, 5.41) is 17.4. The minimum Gasteiger partial charge on any atom is -0.497 e. The number of aryl methyl sites for hydroxylation is 1. The number of pyridine rings is 2. The summed E-state index contributed by atoms with van der Waals surface area (Å²) in [6.07, 6.45) is 4.71. The Bertz CT molecular complexity index is 1220. The molecule has 7 nitrogen and oxygen atoms in total. The normalized spacial score (nSPS) is 9.51. The molecule has 0 spiro atoms. The van der Waals surface area contributed by atoms with Crippen LogP contribution in [0.5, 0.6) is 5.75 Å². The summed E-state index contributed by atoms with van der Waals surface area (Å²) in [5.41, 5.74) is 4.45. The van der Waals surface area contributed by atoms with Gasteiger partial charge < -0.3 is 14.8 Å². The van der Waals surface area contributed by atoms with Gasteiger partial charge in [0.05, 0.1) is 7.11 Å². The molecular formula is C26H24BBrN2O5. The summed E-state index contributed by atoms with van der Waals surface area (Å²) in [6, 6.07) is 21.8. The van der Waals surface area contributed by atoms with Gasteiger partial charge in [0, 0.05) is 22.4 Å². The number of rotatable bonds is 5. The topological polar surface area (TPSA) is 110 Å². The summed E-state index contributed by atoms with van der Waals surface area (Å²) in [6.45, 7) is 1.91. The lowest BCUT2D eigenvalue weighted by Gasteiger charge is -2.04. The molecular weight excluding hydrogens is 511 g/mol. The van der Waals surface area contributed by atoms with E-state index in [1.54, 1.807) is 55.9 Å². The van der Waals surface area contributed by atoms with E-state index in [1.807, 2.05) is 43.3 Å². The van der Waals surface area contributed by atoms with Gasteiger partial charge in [0.15, 0.2) is 12.6 Å². The van der Waals surface area contributed by atoms with Gasteiger partial charge in [-0.15, -0.1) is 0 Å². The van der Waals surface area contributed by atoms with Crippen molar-refractivity contribution in [2.45, 2.75) is 6.92 Å². The number of carbonyl (C=O) groups is 2. The van der Waals surface area contributed by atoms with Crippen LogP contribution in [0.1, 0.15) is 26.5 Å². The molecule has 0 aliphatic heterocycles. The second-order valence-electron chi connectivity index (χ2n) is 7.13. The van der Waals surface area contributed by atoms with E-state index in [9.17, 15) is 9.59 Å². The minimum atomic E-state index is -1.35. The molecule has 0 aliphatic rings. The first-order valence-electron chi connectivity index (χ1n) is 10.4. The molecule has 0 amide bonds. The van der Waals surface area contributed by atoms with Gasteiger partial charge in [-0.3, -0.25) is 19.6 Å². The quantitative estimate of drug-likeness (QED) is 0.295. The zero-order valence-electron chi connectivity index (χ0n) is 19.2. The number of methoxy groups -OCH3 is 1. The number of halogens is 1. The molecule has 4 rings (SSSR count). The molecule has 2 aromatic heterocycles. The number of benzene rings is 2. The predicted octanol–water partition coefficient (Wildman–Crippen LogP) is 3.90. The van der Waals surface area contributed by atoms with E-state index in [0.717, 1.165) is 33.2 Å². The molecule has 2 heterocycles. The fraction of sp³-hybridized carbons (Fsp3) is 0.0769. The molecule has 178 valence electrons. The van der Waals surface area contributed by atoms with Gasteiger partial charge in [0.2, 0.25) is 0 Å². The number of hydrogen-bond donors (Lipinski definition) is 2. The Balaban J connectivity index is 0.000000197. The maximum Gasteiger partial charge on any atom is 0.488 e. The molecule has 35 heavy (non-hydrogen) atoms. The van der Waals surface area contributed by atoms with Crippen molar-refractivity contribution >= 4 is 41.1 Å². The van der Waals surface area contributed by atoms with E-state index in [0.29, 0.717) is 23.1 Å². The molecule has 4 aromatic rings. The van der Waals surface area contributed by atoms with Crippen molar-refractivity contribution in [1.29, 1.82) is 0 Å². The van der Waals surface area contributed by atoms with E-state index in [1.165, 1.54) is 0 Å². The molecule has 0 atom stereocenters. The van der Waals surface area contributed by atoms with E-state index in [4.69, 9.17) is 14.8 Å². The lowest BCUT2D eigenvalue weighted by atomic mass is 9.80. The van der Waals surface area contributed by atoms with E-state index >= 15 is 0 Å². The van der Waals surface area contributed by atoms with E-state index < -0.39 is 7.12 Å². The Morgan fingerprint density at radius 1 is 0.829 bits per heavy atom. The second-order valence-corrected chi connectivity index (χ2v) is 8.04. The number of hydrogen-bond acceptors (Lipinski definition) is 7. The Labute approximate surface area is 212 Å². The first-order valence-corrected chi connectivity index (χ1v) is 11.2. The van der Waals surface area contributed by atoms with Crippen LogP contribution in [0.3, 0.4) is 0 Å². The van der Waals surface area contributed by atoms with Crippen LogP contribution >= 0.6 is 15.9 Å². The van der Waals surface area contributed by atoms with Gasteiger partial charge in [0.1, 0.15) is 17.1 Å². The minimum absolute atomic E-state index is 0.437. The largest absolute Gasteiger partial charge is 0.497 e. The van der Waals surface area contributed by atoms with Crippen molar-refractivity contribution < 1.29 is 24.4 Å². The second kappa shape index (κ2) is 14.6. The van der Waals surface area contributed by atoms with Crippen LogP contribution in [0.4, 0.5) is 0 Å². The fourth-order valence-corrected chi connectivity index (χ4v) is 2.97. The highest BCUT2D eigenvalue weighted by Gasteiger charge is 2.08. The van der Waals surface area contributed by atoms with Gasteiger partial charge in [-0.2, -0.15) is 0 Å². The first kappa shape index (κ1) is 27.6. The standard InChI is InChI=1S/C13H11NO2.C7H9BO2.C6H4BrNO/c1-16-13-4-2-3-10(7-13)11-5-6-12(9-15)14-8-11;1-6-3-2-4-7(5-6)8(9)10;7-5-1-2-6(4-9)8-3-5/h2-9H,1H3;2-5,9-10H,1H3;1-4H. The number of aldehydes is 2. The SMILES string of the molecule is COc1cccc(-c2ccc(C=O)nc2)c1.Cc1cccc(B(O)O)c1.O=Cc1ccc(Br)cn1. The molecule has 0 saturated heterocycles. The zero-order chi connectivity index (χ0) is 25.6.